The van der Waals surface area contributed by atoms with Gasteiger partial charge in [-0.25, -0.2) is 0 Å². The summed E-state index contributed by atoms with van der Waals surface area (Å²) in [5, 5.41) is 19.0. The Morgan fingerprint density at radius 2 is 1.15 bits per heavy atom. The van der Waals surface area contributed by atoms with E-state index in [2.05, 4.69) is 13.8 Å². The molecule has 4 atom stereocenters. The number of aliphatic hydroxyl groups excluding tert-OH is 2. The largest absolute Gasteiger partial charge is 0.417 e. The van der Waals surface area contributed by atoms with E-state index in [4.69, 9.17) is 8.85 Å². The van der Waals surface area contributed by atoms with E-state index in [0.717, 1.165) is 12.8 Å². The van der Waals surface area contributed by atoms with Crippen LogP contribution in [-0.2, 0) is 8.85 Å². The average Bonchev–Trinajstić information content (AvgIpc) is 2.48. The molecule has 0 aromatic carbocycles. The lowest BCUT2D eigenvalue weighted by atomic mass is 10.6. The van der Waals surface area contributed by atoms with Gasteiger partial charge in [0, 0.05) is 23.0 Å². The predicted molar refractivity (Wildman–Crippen MR) is 95.1 cm³/mol. The van der Waals surface area contributed by atoms with Gasteiger partial charge in [0.15, 0.2) is 0 Å². The van der Waals surface area contributed by atoms with Gasteiger partial charge in [0.2, 0.25) is 18.1 Å². The highest BCUT2D eigenvalue weighted by Crippen LogP contribution is 2.36. The molecule has 0 amide bonds. The fourth-order valence-corrected chi connectivity index (χ4v) is 12.5. The van der Waals surface area contributed by atoms with Crippen LogP contribution in [0.5, 0.6) is 0 Å². The molecule has 0 aliphatic rings. The van der Waals surface area contributed by atoms with Crippen molar-refractivity contribution >= 4 is 39.7 Å². The van der Waals surface area contributed by atoms with Crippen molar-refractivity contribution in [2.45, 2.75) is 50.3 Å². The fraction of sp³-hybridized carbons (Fsp3) is 1.00. The number of rotatable bonds is 13. The summed E-state index contributed by atoms with van der Waals surface area (Å²) in [7, 11) is 0.578. The van der Waals surface area contributed by atoms with Crippen molar-refractivity contribution in [1.29, 1.82) is 0 Å². The Kier molecular flexibility index (Phi) is 14.3. The minimum atomic E-state index is -1.54. The Labute approximate surface area is 134 Å². The van der Waals surface area contributed by atoms with Gasteiger partial charge in [-0.15, -0.1) is 0 Å². The molecule has 0 aliphatic heterocycles. The van der Waals surface area contributed by atoms with Crippen LogP contribution >= 0.6 is 21.6 Å². The second kappa shape index (κ2) is 13.6. The van der Waals surface area contributed by atoms with Crippen LogP contribution in [0.15, 0.2) is 0 Å². The van der Waals surface area contributed by atoms with Gasteiger partial charge in [-0.2, -0.15) is 0 Å². The molecule has 0 bridgehead atoms. The zero-order valence-electron chi connectivity index (χ0n) is 13.1. The molecule has 0 aromatic heterocycles. The van der Waals surface area contributed by atoms with Gasteiger partial charge >= 0.3 is 0 Å². The lowest BCUT2D eigenvalue weighted by Gasteiger charge is -2.26. The molecule has 4 nitrogen and oxygen atoms in total. The summed E-state index contributed by atoms with van der Waals surface area (Å²) in [6, 6.07) is 0. The molecule has 8 heteroatoms. The van der Waals surface area contributed by atoms with Crippen LogP contribution in [0.2, 0.25) is 0 Å². The third-order valence-electron chi connectivity index (χ3n) is 3.06. The van der Waals surface area contributed by atoms with Crippen molar-refractivity contribution in [3.63, 3.8) is 0 Å². The molecule has 0 spiro atoms. The molecule has 0 fully saturated rings. The summed E-state index contributed by atoms with van der Waals surface area (Å²) >= 11 is 0. The quantitative estimate of drug-likeness (QED) is 0.385. The van der Waals surface area contributed by atoms with Crippen molar-refractivity contribution in [2.24, 2.45) is 0 Å². The van der Waals surface area contributed by atoms with Gasteiger partial charge in [0.1, 0.15) is 0 Å². The van der Waals surface area contributed by atoms with Crippen LogP contribution in [0.25, 0.3) is 0 Å². The van der Waals surface area contributed by atoms with Crippen LogP contribution < -0.4 is 0 Å². The first-order chi connectivity index (χ1) is 9.68. The first kappa shape index (κ1) is 21.0. The van der Waals surface area contributed by atoms with Gasteiger partial charge in [-0.1, -0.05) is 35.4 Å². The predicted octanol–water partition coefficient (Wildman–Crippen LogP) is 1.59. The summed E-state index contributed by atoms with van der Waals surface area (Å²) < 4.78 is 11.5. The normalized spacial score (nSPS) is 17.7. The van der Waals surface area contributed by atoms with E-state index in [-0.39, 0.29) is 12.5 Å². The molecular weight excluding hydrogens is 328 g/mol. The zero-order chi connectivity index (χ0) is 15.4. The van der Waals surface area contributed by atoms with Crippen molar-refractivity contribution in [3.05, 3.63) is 0 Å². The number of aliphatic hydroxyl groups is 2. The summed E-state index contributed by atoms with van der Waals surface area (Å²) in [6.07, 6.45) is 2.43. The second-order valence-electron chi connectivity index (χ2n) is 4.44. The summed E-state index contributed by atoms with van der Waals surface area (Å²) in [5.41, 5.74) is 0. The molecule has 0 aliphatic carbocycles. The van der Waals surface area contributed by atoms with Gasteiger partial charge < -0.3 is 19.1 Å². The molecule has 0 radical (unpaired) electrons. The second-order valence-corrected chi connectivity index (χ2v) is 13.3. The Balaban J connectivity index is 4.42. The Morgan fingerprint density at radius 3 is 1.35 bits per heavy atom. The van der Waals surface area contributed by atoms with E-state index in [1.54, 1.807) is 0 Å². The third-order valence-corrected chi connectivity index (χ3v) is 14.8. The molecule has 0 rings (SSSR count). The van der Waals surface area contributed by atoms with Crippen LogP contribution in [0.4, 0.5) is 0 Å². The van der Waals surface area contributed by atoms with E-state index in [0.29, 0.717) is 23.0 Å². The maximum Gasteiger partial charge on any atom is 0.215 e. The highest BCUT2D eigenvalue weighted by Gasteiger charge is 2.28. The molecule has 20 heavy (non-hydrogen) atoms. The Hall–Kier alpha value is 0.974. The van der Waals surface area contributed by atoms with Crippen molar-refractivity contribution in [1.82, 2.24) is 0 Å². The SMILES string of the molecule is CCO[SiH](CO)C(CC)SSC(CC)[SiH](CO)OCC. The van der Waals surface area contributed by atoms with Crippen molar-refractivity contribution in [2.75, 3.05) is 25.7 Å². The summed E-state index contributed by atoms with van der Waals surface area (Å²) in [5.74, 6) is 0. The monoisotopic (exact) mass is 358 g/mol. The number of hydrogen-bond acceptors (Lipinski definition) is 6. The van der Waals surface area contributed by atoms with Crippen LogP contribution in [0, 0.1) is 0 Å². The number of hydrogen-bond donors (Lipinski definition) is 2. The first-order valence-corrected chi connectivity index (χ1v) is 13.6. The van der Waals surface area contributed by atoms with Crippen LogP contribution in [0.3, 0.4) is 0 Å². The van der Waals surface area contributed by atoms with Crippen molar-refractivity contribution < 1.29 is 19.1 Å². The lowest BCUT2D eigenvalue weighted by Crippen LogP contribution is -2.37. The van der Waals surface area contributed by atoms with E-state index >= 15 is 0 Å². The molecule has 2 N–H and O–H groups in total. The topological polar surface area (TPSA) is 58.9 Å². The van der Waals surface area contributed by atoms with Gasteiger partial charge in [-0.05, 0) is 26.7 Å². The lowest BCUT2D eigenvalue weighted by molar-refractivity contribution is 0.284. The maximum atomic E-state index is 9.48. The standard InChI is InChI=1S/C12H30O4S2Si2/c1-5-11(19(9-13)15-7-3)17-18-12(6-2)20(10-14)16-8-4/h11-14,19-20H,5-10H2,1-4H3. The van der Waals surface area contributed by atoms with E-state index in [9.17, 15) is 10.2 Å². The smallest absolute Gasteiger partial charge is 0.215 e. The third kappa shape index (κ3) is 7.83. The Bertz CT molecular complexity index is 206. The first-order valence-electron chi connectivity index (χ1n) is 7.45. The Morgan fingerprint density at radius 1 is 0.800 bits per heavy atom. The summed E-state index contributed by atoms with van der Waals surface area (Å²) in [4.78, 5) is 0.822. The van der Waals surface area contributed by atoms with Gasteiger partial charge in [0.25, 0.3) is 0 Å². The average molecular weight is 359 g/mol. The molecule has 0 heterocycles. The minimum Gasteiger partial charge on any atom is -0.417 e. The highest BCUT2D eigenvalue weighted by atomic mass is 33.1. The van der Waals surface area contributed by atoms with Crippen LogP contribution in [0.1, 0.15) is 40.5 Å². The van der Waals surface area contributed by atoms with Gasteiger partial charge in [0.05, 0.1) is 12.5 Å². The highest BCUT2D eigenvalue weighted by molar-refractivity contribution is 8.77. The fourth-order valence-electron chi connectivity index (χ4n) is 1.91. The van der Waals surface area contributed by atoms with Crippen molar-refractivity contribution in [3.8, 4) is 0 Å². The van der Waals surface area contributed by atoms with E-state index in [1.807, 2.05) is 35.4 Å². The minimum absolute atomic E-state index is 0.197. The maximum absolute atomic E-state index is 9.48. The van der Waals surface area contributed by atoms with E-state index < -0.39 is 18.1 Å². The molecular formula is C12H30O4S2Si2. The molecule has 0 saturated carbocycles. The zero-order valence-corrected chi connectivity index (χ0v) is 17.0. The van der Waals surface area contributed by atoms with E-state index in [1.165, 1.54) is 0 Å². The van der Waals surface area contributed by atoms with Gasteiger partial charge in [-0.3, -0.25) is 0 Å². The van der Waals surface area contributed by atoms with Crippen LogP contribution in [-0.4, -0.2) is 63.7 Å². The summed E-state index contributed by atoms with van der Waals surface area (Å²) in [6.45, 7) is 9.64. The molecule has 0 aromatic rings. The molecule has 122 valence electrons. The molecule has 4 unspecified atom stereocenters. The molecule has 0 saturated heterocycles.